The summed E-state index contributed by atoms with van der Waals surface area (Å²) in [4.78, 5) is 21.1. The van der Waals surface area contributed by atoms with Crippen molar-refractivity contribution < 1.29 is 9.53 Å². The number of morpholine rings is 1. The van der Waals surface area contributed by atoms with E-state index in [9.17, 15) is 4.79 Å². The molecule has 0 aliphatic carbocycles. The molecule has 0 unspecified atom stereocenters. The predicted molar refractivity (Wildman–Crippen MR) is 82.3 cm³/mol. The Morgan fingerprint density at radius 1 is 1.48 bits per heavy atom. The number of aryl methyl sites for hydroxylation is 1. The summed E-state index contributed by atoms with van der Waals surface area (Å²) < 4.78 is 6.02. The van der Waals surface area contributed by atoms with Crippen molar-refractivity contribution in [3.63, 3.8) is 0 Å². The number of carbonyl (C=O) groups is 1. The molecule has 21 heavy (non-hydrogen) atoms. The van der Waals surface area contributed by atoms with E-state index in [4.69, 9.17) is 4.74 Å². The van der Waals surface area contributed by atoms with Gasteiger partial charge in [-0.3, -0.25) is 4.79 Å². The number of hydrogen-bond donors (Lipinski definition) is 0. The minimum Gasteiger partial charge on any atom is -0.363 e. The third-order valence-electron chi connectivity index (χ3n) is 4.86. The third-order valence-corrected chi connectivity index (χ3v) is 5.69. The minimum atomic E-state index is -0.175. The highest BCUT2D eigenvalue weighted by Gasteiger charge is 2.47. The number of amides is 1. The number of rotatable bonds is 2. The number of piperidine rings is 1. The maximum Gasteiger partial charge on any atom is 0.249 e. The van der Waals surface area contributed by atoms with Gasteiger partial charge in [0.15, 0.2) is 0 Å². The molecule has 1 aromatic heterocycles. The van der Waals surface area contributed by atoms with Crippen LogP contribution in [-0.2, 0) is 16.1 Å². The number of carbonyl (C=O) groups excluding carboxylic acids is 1. The lowest BCUT2D eigenvalue weighted by Gasteiger charge is -2.51. The Balaban J connectivity index is 1.77. The number of hydrogen-bond acceptors (Lipinski definition) is 5. The van der Waals surface area contributed by atoms with Gasteiger partial charge in [0, 0.05) is 18.5 Å². The van der Waals surface area contributed by atoms with Crippen LogP contribution in [-0.4, -0.2) is 59.1 Å². The molecular formula is C15H23N3O2S. The van der Waals surface area contributed by atoms with Crippen LogP contribution in [0.15, 0.2) is 5.38 Å². The van der Waals surface area contributed by atoms with Gasteiger partial charge in [0.1, 0.15) is 6.61 Å². The van der Waals surface area contributed by atoms with Gasteiger partial charge < -0.3 is 14.5 Å². The van der Waals surface area contributed by atoms with Gasteiger partial charge in [0.2, 0.25) is 5.91 Å². The lowest BCUT2D eigenvalue weighted by molar-refractivity contribution is -0.187. The summed E-state index contributed by atoms with van der Waals surface area (Å²) in [5.41, 5.74) is 0.813. The van der Waals surface area contributed by atoms with E-state index in [1.165, 1.54) is 0 Å². The van der Waals surface area contributed by atoms with Gasteiger partial charge in [-0.1, -0.05) is 0 Å². The average molecular weight is 309 g/mol. The Hall–Kier alpha value is -0.980. The van der Waals surface area contributed by atoms with Gasteiger partial charge in [0.25, 0.3) is 0 Å². The highest BCUT2D eigenvalue weighted by molar-refractivity contribution is 7.09. The first kappa shape index (κ1) is 14.9. The minimum absolute atomic E-state index is 0.0812. The van der Waals surface area contributed by atoms with Gasteiger partial charge in [-0.15, -0.1) is 11.3 Å². The van der Waals surface area contributed by atoms with Crippen LogP contribution in [0.5, 0.6) is 0 Å². The standard InChI is InChI=1S/C15H23N3O2S/c1-11-15(4-6-17(3)7-5-15)20-9-14(19)18(11)8-13-10-21-12(2)16-13/h10-11H,4-9H2,1-3H3/t11-/m0/s1. The maximum absolute atomic E-state index is 12.3. The van der Waals surface area contributed by atoms with Crippen molar-refractivity contribution in [2.24, 2.45) is 0 Å². The monoisotopic (exact) mass is 309 g/mol. The average Bonchev–Trinajstić information content (AvgIpc) is 2.88. The largest absolute Gasteiger partial charge is 0.363 e. The highest BCUT2D eigenvalue weighted by atomic mass is 32.1. The van der Waals surface area contributed by atoms with Crippen molar-refractivity contribution in [3.8, 4) is 0 Å². The molecule has 3 rings (SSSR count). The van der Waals surface area contributed by atoms with Crippen molar-refractivity contribution in [1.29, 1.82) is 0 Å². The van der Waals surface area contributed by atoms with Crippen LogP contribution in [0.3, 0.4) is 0 Å². The van der Waals surface area contributed by atoms with Crippen molar-refractivity contribution in [1.82, 2.24) is 14.8 Å². The van der Waals surface area contributed by atoms with Crippen LogP contribution in [0.1, 0.15) is 30.5 Å². The number of thiazole rings is 1. The van der Waals surface area contributed by atoms with E-state index in [0.717, 1.165) is 36.6 Å². The molecule has 116 valence electrons. The molecule has 2 aliphatic rings. The maximum atomic E-state index is 12.3. The fourth-order valence-electron chi connectivity index (χ4n) is 3.35. The number of nitrogens with zero attached hydrogens (tertiary/aromatic N) is 3. The Bertz CT molecular complexity index is 523. The summed E-state index contributed by atoms with van der Waals surface area (Å²) >= 11 is 1.64. The highest BCUT2D eigenvalue weighted by Crippen LogP contribution is 2.36. The summed E-state index contributed by atoms with van der Waals surface area (Å²) in [5, 5.41) is 3.10. The topological polar surface area (TPSA) is 45.7 Å². The molecule has 6 heteroatoms. The molecule has 2 saturated heterocycles. The molecule has 0 saturated carbocycles. The van der Waals surface area contributed by atoms with E-state index < -0.39 is 0 Å². The van der Waals surface area contributed by atoms with E-state index in [-0.39, 0.29) is 24.2 Å². The number of aromatic nitrogens is 1. The van der Waals surface area contributed by atoms with Crippen LogP contribution >= 0.6 is 11.3 Å². The van der Waals surface area contributed by atoms with Gasteiger partial charge in [-0.2, -0.15) is 0 Å². The molecule has 0 radical (unpaired) electrons. The van der Waals surface area contributed by atoms with Crippen LogP contribution in [0.25, 0.3) is 0 Å². The van der Waals surface area contributed by atoms with Crippen LogP contribution in [0.2, 0.25) is 0 Å². The van der Waals surface area contributed by atoms with Crippen molar-refractivity contribution in [2.75, 3.05) is 26.7 Å². The lowest BCUT2D eigenvalue weighted by atomic mass is 9.82. The molecule has 1 atom stereocenters. The van der Waals surface area contributed by atoms with Gasteiger partial charge >= 0.3 is 0 Å². The van der Waals surface area contributed by atoms with Crippen LogP contribution in [0, 0.1) is 6.92 Å². The molecule has 2 fully saturated rings. The fraction of sp³-hybridized carbons (Fsp3) is 0.733. The second-order valence-corrected chi connectivity index (χ2v) is 7.27. The quantitative estimate of drug-likeness (QED) is 0.833. The third kappa shape index (κ3) is 2.84. The summed E-state index contributed by atoms with van der Waals surface area (Å²) in [6.45, 7) is 6.99. The second kappa shape index (κ2) is 5.66. The fourth-order valence-corrected chi connectivity index (χ4v) is 3.95. The first-order chi connectivity index (χ1) is 10.00. The Labute approximate surface area is 129 Å². The Morgan fingerprint density at radius 3 is 2.81 bits per heavy atom. The lowest BCUT2D eigenvalue weighted by Crippen LogP contribution is -2.63. The second-order valence-electron chi connectivity index (χ2n) is 6.21. The molecule has 0 aromatic carbocycles. The van der Waals surface area contributed by atoms with E-state index in [0.29, 0.717) is 6.54 Å². The van der Waals surface area contributed by atoms with Gasteiger partial charge in [-0.25, -0.2) is 4.98 Å². The number of ether oxygens (including phenoxy) is 1. The van der Waals surface area contributed by atoms with Gasteiger partial charge in [0.05, 0.1) is 28.9 Å². The van der Waals surface area contributed by atoms with Crippen molar-refractivity contribution >= 4 is 17.2 Å². The van der Waals surface area contributed by atoms with Gasteiger partial charge in [-0.05, 0) is 33.7 Å². The zero-order chi connectivity index (χ0) is 15.0. The molecule has 2 aliphatic heterocycles. The smallest absolute Gasteiger partial charge is 0.249 e. The van der Waals surface area contributed by atoms with Crippen LogP contribution < -0.4 is 0 Å². The first-order valence-corrected chi connectivity index (χ1v) is 8.41. The zero-order valence-corrected chi connectivity index (χ0v) is 13.8. The molecule has 5 nitrogen and oxygen atoms in total. The van der Waals surface area contributed by atoms with E-state index in [1.807, 2.05) is 17.2 Å². The van der Waals surface area contributed by atoms with Crippen molar-refractivity contribution in [3.05, 3.63) is 16.1 Å². The van der Waals surface area contributed by atoms with Crippen LogP contribution in [0.4, 0.5) is 0 Å². The Morgan fingerprint density at radius 2 is 2.19 bits per heavy atom. The van der Waals surface area contributed by atoms with E-state index in [1.54, 1.807) is 11.3 Å². The first-order valence-electron chi connectivity index (χ1n) is 7.53. The summed E-state index contributed by atoms with van der Waals surface area (Å²) in [7, 11) is 2.14. The normalized spacial score (nSPS) is 26.5. The zero-order valence-electron chi connectivity index (χ0n) is 13.0. The molecule has 1 spiro atoms. The molecule has 1 amide bonds. The van der Waals surface area contributed by atoms with E-state index in [2.05, 4.69) is 23.9 Å². The summed E-state index contributed by atoms with van der Waals surface area (Å²) in [6, 6.07) is 0.106. The summed E-state index contributed by atoms with van der Waals surface area (Å²) in [5.74, 6) is 0.0812. The predicted octanol–water partition coefficient (Wildman–Crippen LogP) is 1.66. The molecule has 3 heterocycles. The molecular weight excluding hydrogens is 286 g/mol. The SMILES string of the molecule is Cc1nc(CN2C(=O)COC3(CCN(C)CC3)[C@@H]2C)cs1. The molecule has 1 aromatic rings. The summed E-state index contributed by atoms with van der Waals surface area (Å²) in [6.07, 6.45) is 1.98. The molecule has 0 N–H and O–H groups in total. The Kier molecular flexibility index (Phi) is 4.03. The number of likely N-dealkylation sites (tertiary alicyclic amines) is 1. The van der Waals surface area contributed by atoms with E-state index >= 15 is 0 Å². The molecule has 0 bridgehead atoms. The van der Waals surface area contributed by atoms with Crippen molar-refractivity contribution in [2.45, 2.75) is 44.9 Å².